The maximum atomic E-state index is 11.9. The van der Waals surface area contributed by atoms with Crippen molar-refractivity contribution < 1.29 is 9.59 Å². The minimum Gasteiger partial charge on any atom is -0.355 e. The molecule has 19 heavy (non-hydrogen) atoms. The zero-order valence-corrected chi connectivity index (χ0v) is 11.4. The molecule has 1 fully saturated rings. The fourth-order valence-electron chi connectivity index (χ4n) is 2.03. The van der Waals surface area contributed by atoms with Gasteiger partial charge in [-0.05, 0) is 6.92 Å². The van der Waals surface area contributed by atoms with E-state index >= 15 is 0 Å². The van der Waals surface area contributed by atoms with E-state index in [0.29, 0.717) is 39.3 Å². The summed E-state index contributed by atoms with van der Waals surface area (Å²) in [6, 6.07) is -0.611. The fourth-order valence-corrected chi connectivity index (χ4v) is 2.03. The summed E-state index contributed by atoms with van der Waals surface area (Å²) in [5, 5.41) is 2.76. The summed E-state index contributed by atoms with van der Waals surface area (Å²) in [4.78, 5) is 27.1. The van der Waals surface area contributed by atoms with Gasteiger partial charge in [0.25, 0.3) is 0 Å². The van der Waals surface area contributed by atoms with Gasteiger partial charge in [0.2, 0.25) is 11.8 Å². The number of nitrogens with two attached hydrogens (primary N) is 1. The Morgan fingerprint density at radius 1 is 1.37 bits per heavy atom. The molecule has 1 heterocycles. The Morgan fingerprint density at radius 3 is 2.53 bits per heavy atom. The van der Waals surface area contributed by atoms with Crippen molar-refractivity contribution in [2.75, 3.05) is 39.3 Å². The lowest BCUT2D eigenvalue weighted by Crippen LogP contribution is -2.54. The van der Waals surface area contributed by atoms with Gasteiger partial charge in [0, 0.05) is 39.1 Å². The molecule has 106 valence electrons. The molecule has 0 spiro atoms. The number of carbonyl (C=O) groups excluding carboxylic acids is 2. The van der Waals surface area contributed by atoms with Crippen LogP contribution < -0.4 is 11.1 Å². The second-order valence-corrected chi connectivity index (χ2v) is 4.57. The number of hydrogen-bond acceptors (Lipinski definition) is 4. The molecule has 0 radical (unpaired) electrons. The Labute approximate surface area is 114 Å². The van der Waals surface area contributed by atoms with Crippen LogP contribution in [0.1, 0.15) is 13.3 Å². The SMILES string of the molecule is C#CCC(N)C(=O)N1CCN(CC(=O)NCC)CC1. The van der Waals surface area contributed by atoms with Crippen LogP contribution in [0.3, 0.4) is 0 Å². The smallest absolute Gasteiger partial charge is 0.240 e. The molecule has 0 aliphatic carbocycles. The summed E-state index contributed by atoms with van der Waals surface area (Å²) in [7, 11) is 0. The van der Waals surface area contributed by atoms with Crippen molar-refractivity contribution in [2.24, 2.45) is 5.73 Å². The highest BCUT2D eigenvalue weighted by Crippen LogP contribution is 2.04. The summed E-state index contributed by atoms with van der Waals surface area (Å²) < 4.78 is 0. The van der Waals surface area contributed by atoms with Crippen LogP contribution in [0.2, 0.25) is 0 Å². The van der Waals surface area contributed by atoms with Gasteiger partial charge in [0.05, 0.1) is 12.6 Å². The van der Waals surface area contributed by atoms with Crippen molar-refractivity contribution in [3.63, 3.8) is 0 Å². The molecule has 6 nitrogen and oxygen atoms in total. The van der Waals surface area contributed by atoms with Crippen LogP contribution >= 0.6 is 0 Å². The number of terminal acetylenes is 1. The third kappa shape index (κ3) is 4.89. The van der Waals surface area contributed by atoms with E-state index in [9.17, 15) is 9.59 Å². The highest BCUT2D eigenvalue weighted by Gasteiger charge is 2.25. The monoisotopic (exact) mass is 266 g/mol. The van der Waals surface area contributed by atoms with E-state index in [0.717, 1.165) is 0 Å². The predicted molar refractivity (Wildman–Crippen MR) is 73.1 cm³/mol. The number of hydrogen-bond donors (Lipinski definition) is 2. The topological polar surface area (TPSA) is 78.7 Å². The van der Waals surface area contributed by atoms with Crippen LogP contribution in [0.4, 0.5) is 0 Å². The third-order valence-corrected chi connectivity index (χ3v) is 3.08. The van der Waals surface area contributed by atoms with Gasteiger partial charge in [-0.2, -0.15) is 0 Å². The predicted octanol–water partition coefficient (Wildman–Crippen LogP) is -1.38. The maximum absolute atomic E-state index is 11.9. The van der Waals surface area contributed by atoms with Crippen LogP contribution in [-0.2, 0) is 9.59 Å². The molecule has 1 rings (SSSR count). The third-order valence-electron chi connectivity index (χ3n) is 3.08. The van der Waals surface area contributed by atoms with Crippen molar-refractivity contribution in [3.8, 4) is 12.3 Å². The molecule has 0 aromatic rings. The van der Waals surface area contributed by atoms with Gasteiger partial charge in [-0.25, -0.2) is 0 Å². The molecule has 3 N–H and O–H groups in total. The highest BCUT2D eigenvalue weighted by molar-refractivity contribution is 5.82. The first-order valence-electron chi connectivity index (χ1n) is 6.55. The summed E-state index contributed by atoms with van der Waals surface area (Å²) in [6.45, 7) is 5.47. The van der Waals surface area contributed by atoms with E-state index in [1.54, 1.807) is 4.90 Å². The first-order valence-corrected chi connectivity index (χ1v) is 6.55. The van der Waals surface area contributed by atoms with E-state index in [1.165, 1.54) is 0 Å². The quantitative estimate of drug-likeness (QED) is 0.601. The summed E-state index contributed by atoms with van der Waals surface area (Å²) in [6.07, 6.45) is 5.41. The Morgan fingerprint density at radius 2 is 2.00 bits per heavy atom. The molecule has 2 amide bonds. The number of rotatable bonds is 5. The molecular formula is C13H22N4O2. The van der Waals surface area contributed by atoms with E-state index in [2.05, 4.69) is 11.2 Å². The average Bonchev–Trinajstić information content (AvgIpc) is 2.39. The van der Waals surface area contributed by atoms with Crippen LogP contribution in [0.5, 0.6) is 0 Å². The molecule has 1 unspecified atom stereocenters. The first-order chi connectivity index (χ1) is 9.08. The van der Waals surface area contributed by atoms with Crippen molar-refractivity contribution in [1.82, 2.24) is 15.1 Å². The van der Waals surface area contributed by atoms with Gasteiger partial charge in [-0.15, -0.1) is 12.3 Å². The fraction of sp³-hybridized carbons (Fsp3) is 0.692. The van der Waals surface area contributed by atoms with E-state index in [1.807, 2.05) is 11.8 Å². The summed E-state index contributed by atoms with van der Waals surface area (Å²) in [5.41, 5.74) is 5.70. The Kier molecular flexibility index (Phi) is 6.33. The molecule has 0 aromatic heterocycles. The molecule has 0 bridgehead atoms. The van der Waals surface area contributed by atoms with E-state index < -0.39 is 6.04 Å². The number of amides is 2. The number of likely N-dealkylation sites (N-methyl/N-ethyl adjacent to an activating group) is 1. The number of nitrogens with one attached hydrogen (secondary N) is 1. The number of piperazine rings is 1. The lowest BCUT2D eigenvalue weighted by molar-refractivity contribution is -0.134. The lowest BCUT2D eigenvalue weighted by atomic mass is 10.2. The van der Waals surface area contributed by atoms with Crippen LogP contribution in [0.25, 0.3) is 0 Å². The second kappa shape index (κ2) is 7.77. The van der Waals surface area contributed by atoms with Gasteiger partial charge in [0.15, 0.2) is 0 Å². The standard InChI is InChI=1S/C13H22N4O2/c1-3-5-11(14)13(19)17-8-6-16(7-9-17)10-12(18)15-4-2/h1,11H,4-10,14H2,2H3,(H,15,18). The second-order valence-electron chi connectivity index (χ2n) is 4.57. The normalized spacial score (nSPS) is 17.6. The van der Waals surface area contributed by atoms with Gasteiger partial charge >= 0.3 is 0 Å². The molecule has 1 atom stereocenters. The summed E-state index contributed by atoms with van der Waals surface area (Å²) in [5.74, 6) is 2.32. The average molecular weight is 266 g/mol. The number of carbonyl (C=O) groups is 2. The molecule has 1 aliphatic heterocycles. The minimum atomic E-state index is -0.611. The minimum absolute atomic E-state index is 0.0197. The van der Waals surface area contributed by atoms with Crippen LogP contribution in [-0.4, -0.2) is 66.9 Å². The van der Waals surface area contributed by atoms with E-state index in [-0.39, 0.29) is 18.2 Å². The van der Waals surface area contributed by atoms with Gasteiger partial charge in [0.1, 0.15) is 0 Å². The molecule has 1 aliphatic rings. The largest absolute Gasteiger partial charge is 0.355 e. The lowest BCUT2D eigenvalue weighted by Gasteiger charge is -2.35. The van der Waals surface area contributed by atoms with Gasteiger partial charge in [-0.3, -0.25) is 14.5 Å². The number of nitrogens with zero attached hydrogens (tertiary/aromatic N) is 2. The molecular weight excluding hydrogens is 244 g/mol. The highest BCUT2D eigenvalue weighted by atomic mass is 16.2. The van der Waals surface area contributed by atoms with Crippen LogP contribution in [0.15, 0.2) is 0 Å². The zero-order valence-electron chi connectivity index (χ0n) is 11.4. The zero-order chi connectivity index (χ0) is 14.3. The Hall–Kier alpha value is -1.58. The Balaban J connectivity index is 2.34. The van der Waals surface area contributed by atoms with E-state index in [4.69, 9.17) is 12.2 Å². The molecule has 0 aromatic carbocycles. The molecule has 0 saturated carbocycles. The van der Waals surface area contributed by atoms with Gasteiger partial charge in [-0.1, -0.05) is 0 Å². The van der Waals surface area contributed by atoms with Crippen molar-refractivity contribution in [3.05, 3.63) is 0 Å². The van der Waals surface area contributed by atoms with Crippen LogP contribution in [0, 0.1) is 12.3 Å². The molecule has 1 saturated heterocycles. The molecule has 6 heteroatoms. The first kappa shape index (κ1) is 15.5. The van der Waals surface area contributed by atoms with Crippen molar-refractivity contribution in [1.29, 1.82) is 0 Å². The maximum Gasteiger partial charge on any atom is 0.240 e. The summed E-state index contributed by atoms with van der Waals surface area (Å²) >= 11 is 0. The van der Waals surface area contributed by atoms with Crippen molar-refractivity contribution >= 4 is 11.8 Å². The van der Waals surface area contributed by atoms with Gasteiger partial charge < -0.3 is 16.0 Å². The Bertz CT molecular complexity index is 356. The van der Waals surface area contributed by atoms with Crippen molar-refractivity contribution in [2.45, 2.75) is 19.4 Å².